The highest BCUT2D eigenvalue weighted by Gasteiger charge is 2.21. The first-order valence-corrected chi connectivity index (χ1v) is 6.55. The van der Waals surface area contributed by atoms with Gasteiger partial charge in [-0.2, -0.15) is 0 Å². The van der Waals surface area contributed by atoms with Gasteiger partial charge in [-0.3, -0.25) is 10.1 Å². The molecule has 0 amide bonds. The molecule has 1 N–H and O–H groups in total. The van der Waals surface area contributed by atoms with Crippen molar-refractivity contribution >= 4 is 28.3 Å². The van der Waals surface area contributed by atoms with Crippen LogP contribution in [0.4, 0.5) is 5.88 Å². The summed E-state index contributed by atoms with van der Waals surface area (Å²) in [5.74, 6) is -0.281. The van der Waals surface area contributed by atoms with Crippen molar-refractivity contribution < 1.29 is 14.4 Å². The standard InChI is InChI=1S/C15H10ClNO4/c16-12-6-5-11(9-3-1-2-4-10(9)12)15(18)13-7-8-14(21-13)17(19)20/h1-8,15,18H. The predicted octanol–water partition coefficient (Wildman–Crippen LogP) is 4.08. The summed E-state index contributed by atoms with van der Waals surface area (Å²) in [5, 5.41) is 23.2. The van der Waals surface area contributed by atoms with Gasteiger partial charge in [-0.05, 0) is 23.1 Å². The normalized spacial score (nSPS) is 12.5. The fourth-order valence-corrected chi connectivity index (χ4v) is 2.49. The number of fused-ring (bicyclic) bond motifs is 1. The van der Waals surface area contributed by atoms with E-state index >= 15 is 0 Å². The SMILES string of the molecule is O=[N+]([O-])c1ccc(C(O)c2ccc(Cl)c3ccccc23)o1. The zero-order valence-electron chi connectivity index (χ0n) is 10.7. The second kappa shape index (κ2) is 5.20. The van der Waals surface area contributed by atoms with Crippen LogP contribution in [0.25, 0.3) is 10.8 Å². The fraction of sp³-hybridized carbons (Fsp3) is 0.0667. The van der Waals surface area contributed by atoms with Gasteiger partial charge in [0.25, 0.3) is 0 Å². The highest BCUT2D eigenvalue weighted by molar-refractivity contribution is 6.35. The molecule has 0 aliphatic heterocycles. The van der Waals surface area contributed by atoms with Crippen LogP contribution in [0.5, 0.6) is 0 Å². The minimum absolute atomic E-state index is 0.120. The lowest BCUT2D eigenvalue weighted by Gasteiger charge is -2.12. The Balaban J connectivity index is 2.11. The van der Waals surface area contributed by atoms with E-state index in [1.54, 1.807) is 12.1 Å². The van der Waals surface area contributed by atoms with Gasteiger partial charge in [0.05, 0.1) is 6.07 Å². The van der Waals surface area contributed by atoms with Crippen LogP contribution >= 0.6 is 11.6 Å². The van der Waals surface area contributed by atoms with Crippen molar-refractivity contribution in [2.24, 2.45) is 0 Å². The summed E-state index contributed by atoms with van der Waals surface area (Å²) < 4.78 is 5.06. The Hall–Kier alpha value is -2.37. The molecule has 6 heteroatoms. The van der Waals surface area contributed by atoms with Crippen LogP contribution in [0.3, 0.4) is 0 Å². The molecule has 5 nitrogen and oxygen atoms in total. The third-order valence-corrected chi connectivity index (χ3v) is 3.59. The van der Waals surface area contributed by atoms with E-state index < -0.39 is 16.9 Å². The van der Waals surface area contributed by atoms with Crippen molar-refractivity contribution in [3.63, 3.8) is 0 Å². The second-order valence-electron chi connectivity index (χ2n) is 4.52. The minimum Gasteiger partial charge on any atom is -0.403 e. The Labute approximate surface area is 124 Å². The maximum Gasteiger partial charge on any atom is 0.433 e. The molecule has 1 aromatic heterocycles. The average Bonchev–Trinajstić information content (AvgIpc) is 2.97. The lowest BCUT2D eigenvalue weighted by atomic mass is 9.99. The second-order valence-corrected chi connectivity index (χ2v) is 4.93. The molecule has 0 spiro atoms. The number of aliphatic hydroxyl groups is 1. The van der Waals surface area contributed by atoms with Gasteiger partial charge >= 0.3 is 5.88 Å². The van der Waals surface area contributed by atoms with E-state index in [2.05, 4.69) is 0 Å². The van der Waals surface area contributed by atoms with Gasteiger partial charge in [0.1, 0.15) is 16.8 Å². The number of benzene rings is 2. The Bertz CT molecular complexity index is 827. The number of furan rings is 1. The van der Waals surface area contributed by atoms with Crippen LogP contribution in [-0.2, 0) is 0 Å². The molecule has 1 heterocycles. The highest BCUT2D eigenvalue weighted by atomic mass is 35.5. The van der Waals surface area contributed by atoms with Crippen LogP contribution in [0.1, 0.15) is 17.4 Å². The molecule has 0 aliphatic carbocycles. The molecule has 3 rings (SSSR count). The maximum absolute atomic E-state index is 10.6. The first-order valence-electron chi connectivity index (χ1n) is 6.17. The van der Waals surface area contributed by atoms with Crippen molar-refractivity contribution in [1.82, 2.24) is 0 Å². The van der Waals surface area contributed by atoms with E-state index in [9.17, 15) is 15.2 Å². The van der Waals surface area contributed by atoms with Crippen LogP contribution in [-0.4, -0.2) is 10.0 Å². The number of rotatable bonds is 3. The summed E-state index contributed by atoms with van der Waals surface area (Å²) in [4.78, 5) is 10.0. The van der Waals surface area contributed by atoms with Gasteiger partial charge in [0.15, 0.2) is 0 Å². The molecule has 0 aliphatic rings. The molecule has 0 saturated carbocycles. The first kappa shape index (κ1) is 13.6. The summed E-state index contributed by atoms with van der Waals surface area (Å²) in [6.07, 6.45) is -1.10. The van der Waals surface area contributed by atoms with Crippen LogP contribution in [0, 0.1) is 10.1 Å². The predicted molar refractivity (Wildman–Crippen MR) is 78.4 cm³/mol. The number of nitro groups is 1. The Morgan fingerprint density at radius 3 is 2.48 bits per heavy atom. The van der Waals surface area contributed by atoms with E-state index in [1.807, 2.05) is 24.3 Å². The minimum atomic E-state index is -1.10. The number of hydrogen-bond acceptors (Lipinski definition) is 4. The highest BCUT2D eigenvalue weighted by Crippen LogP contribution is 2.34. The molecule has 0 saturated heterocycles. The van der Waals surface area contributed by atoms with Crippen LogP contribution in [0.2, 0.25) is 5.02 Å². The van der Waals surface area contributed by atoms with Gasteiger partial charge in [-0.25, -0.2) is 0 Å². The molecule has 0 fully saturated rings. The molecular weight excluding hydrogens is 294 g/mol. The maximum atomic E-state index is 10.6. The number of nitrogens with zero attached hydrogens (tertiary/aromatic N) is 1. The van der Waals surface area contributed by atoms with E-state index in [1.165, 1.54) is 12.1 Å². The third kappa shape index (κ3) is 2.37. The van der Waals surface area contributed by atoms with E-state index in [-0.39, 0.29) is 5.76 Å². The summed E-state index contributed by atoms with van der Waals surface area (Å²) in [6, 6.07) is 13.3. The molecule has 0 bridgehead atoms. The van der Waals surface area contributed by atoms with Gasteiger partial charge < -0.3 is 9.52 Å². The molecule has 3 aromatic rings. The van der Waals surface area contributed by atoms with Gasteiger partial charge in [0.2, 0.25) is 0 Å². The zero-order valence-corrected chi connectivity index (χ0v) is 11.4. The van der Waals surface area contributed by atoms with Crippen molar-refractivity contribution in [1.29, 1.82) is 0 Å². The topological polar surface area (TPSA) is 76.5 Å². The zero-order chi connectivity index (χ0) is 15.0. The van der Waals surface area contributed by atoms with Gasteiger partial charge in [0, 0.05) is 10.4 Å². The van der Waals surface area contributed by atoms with Crippen molar-refractivity contribution in [2.45, 2.75) is 6.10 Å². The molecule has 1 atom stereocenters. The van der Waals surface area contributed by atoms with Crippen molar-refractivity contribution in [3.05, 3.63) is 75.0 Å². The number of halogens is 1. The molecule has 1 unspecified atom stereocenters. The smallest absolute Gasteiger partial charge is 0.403 e. The monoisotopic (exact) mass is 303 g/mol. The molecule has 0 radical (unpaired) electrons. The first-order chi connectivity index (χ1) is 10.1. The largest absolute Gasteiger partial charge is 0.433 e. The Morgan fingerprint density at radius 1 is 1.10 bits per heavy atom. The molecule has 106 valence electrons. The van der Waals surface area contributed by atoms with Crippen molar-refractivity contribution in [2.75, 3.05) is 0 Å². The summed E-state index contributed by atoms with van der Waals surface area (Å²) >= 11 is 6.13. The van der Waals surface area contributed by atoms with E-state index in [0.717, 1.165) is 10.8 Å². The van der Waals surface area contributed by atoms with Crippen molar-refractivity contribution in [3.8, 4) is 0 Å². The van der Waals surface area contributed by atoms with Gasteiger partial charge in [-0.15, -0.1) is 0 Å². The summed E-state index contributed by atoms with van der Waals surface area (Å²) in [5.41, 5.74) is 0.583. The number of aliphatic hydroxyl groups excluding tert-OH is 1. The van der Waals surface area contributed by atoms with E-state index in [0.29, 0.717) is 10.6 Å². The fourth-order valence-electron chi connectivity index (χ4n) is 2.26. The van der Waals surface area contributed by atoms with Crippen LogP contribution in [0.15, 0.2) is 52.9 Å². The number of hydrogen-bond donors (Lipinski definition) is 1. The Morgan fingerprint density at radius 2 is 1.81 bits per heavy atom. The van der Waals surface area contributed by atoms with Gasteiger partial charge in [-0.1, -0.05) is 41.9 Å². The quantitative estimate of drug-likeness (QED) is 0.584. The van der Waals surface area contributed by atoms with Crippen LogP contribution < -0.4 is 0 Å². The molecule has 21 heavy (non-hydrogen) atoms. The lowest BCUT2D eigenvalue weighted by molar-refractivity contribution is -0.402. The lowest BCUT2D eigenvalue weighted by Crippen LogP contribution is -1.99. The average molecular weight is 304 g/mol. The molecular formula is C15H10ClNO4. The third-order valence-electron chi connectivity index (χ3n) is 3.26. The summed E-state index contributed by atoms with van der Waals surface area (Å²) in [6.45, 7) is 0. The Kier molecular flexibility index (Phi) is 3.37. The molecule has 2 aromatic carbocycles. The van der Waals surface area contributed by atoms with E-state index in [4.69, 9.17) is 16.0 Å². The summed E-state index contributed by atoms with van der Waals surface area (Å²) in [7, 11) is 0.